The van der Waals surface area contributed by atoms with Crippen molar-refractivity contribution in [2.75, 3.05) is 53.6 Å². The topological polar surface area (TPSA) is 113 Å². The molecule has 2 aromatic carbocycles. The van der Waals surface area contributed by atoms with E-state index in [2.05, 4.69) is 38.3 Å². The van der Waals surface area contributed by atoms with Crippen LogP contribution in [0.4, 0.5) is 0 Å². The Morgan fingerprint density at radius 2 is 1.70 bits per heavy atom. The molecule has 2 amide bonds. The summed E-state index contributed by atoms with van der Waals surface area (Å²) < 4.78 is 43.4. The molecule has 0 spiro atoms. The number of piperazine rings is 1. The number of hydrogen-bond acceptors (Lipinski definition) is 7. The Labute approximate surface area is 294 Å². The summed E-state index contributed by atoms with van der Waals surface area (Å²) in [4.78, 5) is 33.3. The number of fused-ring (bicyclic) bond motifs is 9. The van der Waals surface area contributed by atoms with E-state index < -0.39 is 21.5 Å². The molecular weight excluding hydrogens is 655 g/mol. The number of carbonyl (C=O) groups is 2. The van der Waals surface area contributed by atoms with Gasteiger partial charge < -0.3 is 23.8 Å². The lowest BCUT2D eigenvalue weighted by atomic mass is 9.81. The van der Waals surface area contributed by atoms with Crippen molar-refractivity contribution in [1.82, 2.24) is 23.4 Å². The van der Waals surface area contributed by atoms with Gasteiger partial charge in [-0.2, -0.15) is 12.7 Å². The standard InChI is InChI=1S/C38H47N5O6S/c1-40-21-26-9-10-27(22-40)43(26)37(45)38-20-32(38)31-19-28(48-2)11-13-29(31)35-34(24-6-4-3-5-7-24)30-12-8-25(18-33(30)42(35)23-38)36(44)39-50(46,47)41-14-16-49-17-15-41/h8,11-13,18-19,24,26-27,32H,3-7,9-10,14-17,20-23H2,1-2H3,(H,39,44). The Bertz CT molecular complexity index is 1970. The quantitative estimate of drug-likeness (QED) is 0.404. The number of morpholine rings is 1. The van der Waals surface area contributed by atoms with Crippen LogP contribution in [0.15, 0.2) is 36.4 Å². The second-order valence-electron chi connectivity index (χ2n) is 15.5. The number of ether oxygens (including phenoxy) is 2. The van der Waals surface area contributed by atoms with E-state index >= 15 is 4.79 Å². The minimum Gasteiger partial charge on any atom is -0.497 e. The molecule has 1 N–H and O–H groups in total. The summed E-state index contributed by atoms with van der Waals surface area (Å²) in [6.45, 7) is 3.34. The van der Waals surface area contributed by atoms with E-state index in [1.54, 1.807) is 13.2 Å². The zero-order valence-corrected chi connectivity index (χ0v) is 29.8. The van der Waals surface area contributed by atoms with E-state index in [-0.39, 0.29) is 42.6 Å². The zero-order chi connectivity index (χ0) is 34.4. The Balaban J connectivity index is 1.19. The Hall–Kier alpha value is -3.45. The Kier molecular flexibility index (Phi) is 7.83. The maximum absolute atomic E-state index is 15.1. The number of likely N-dealkylation sites (tertiary alicyclic amines) is 1. The smallest absolute Gasteiger partial charge is 0.304 e. The van der Waals surface area contributed by atoms with E-state index in [9.17, 15) is 13.2 Å². The second-order valence-corrected chi connectivity index (χ2v) is 17.2. The first-order chi connectivity index (χ1) is 24.2. The fourth-order valence-electron chi connectivity index (χ4n) is 10.2. The van der Waals surface area contributed by atoms with Gasteiger partial charge >= 0.3 is 10.2 Å². The van der Waals surface area contributed by atoms with Crippen molar-refractivity contribution in [1.29, 1.82) is 0 Å². The van der Waals surface area contributed by atoms with Crippen molar-refractivity contribution in [2.45, 2.75) is 81.8 Å². The number of rotatable bonds is 6. The van der Waals surface area contributed by atoms with Crippen molar-refractivity contribution in [3.63, 3.8) is 0 Å². The molecule has 5 fully saturated rings. The molecule has 4 unspecified atom stereocenters. The Morgan fingerprint density at radius 3 is 2.42 bits per heavy atom. The van der Waals surface area contributed by atoms with E-state index in [0.717, 1.165) is 73.1 Å². The molecule has 2 aliphatic carbocycles. The normalized spacial score (nSPS) is 28.4. The van der Waals surface area contributed by atoms with Crippen LogP contribution in [0, 0.1) is 5.41 Å². The second kappa shape index (κ2) is 12.1. The number of amides is 2. The third-order valence-electron chi connectivity index (χ3n) is 12.6. The van der Waals surface area contributed by atoms with Gasteiger partial charge in [0.15, 0.2) is 0 Å². The van der Waals surface area contributed by atoms with Gasteiger partial charge in [-0.25, -0.2) is 4.72 Å². The average Bonchev–Trinajstić information content (AvgIpc) is 3.71. The van der Waals surface area contributed by atoms with Gasteiger partial charge in [0.05, 0.1) is 31.4 Å². The van der Waals surface area contributed by atoms with Crippen LogP contribution in [-0.4, -0.2) is 105 Å². The number of nitrogens with one attached hydrogen (secondary N) is 1. The van der Waals surface area contributed by atoms with Crippen LogP contribution in [0.25, 0.3) is 22.2 Å². The summed E-state index contributed by atoms with van der Waals surface area (Å²) in [5.41, 5.74) is 5.33. The fraction of sp³-hybridized carbons (Fsp3) is 0.579. The van der Waals surface area contributed by atoms with Gasteiger partial charge in [-0.15, -0.1) is 0 Å². The van der Waals surface area contributed by atoms with Crippen LogP contribution in [0.1, 0.15) is 84.7 Å². The highest BCUT2D eigenvalue weighted by Crippen LogP contribution is 2.66. The van der Waals surface area contributed by atoms with E-state index in [1.165, 1.54) is 34.7 Å². The summed E-state index contributed by atoms with van der Waals surface area (Å²) in [5.74, 6) is 0.819. The third-order valence-corrected chi connectivity index (χ3v) is 14.1. The summed E-state index contributed by atoms with van der Waals surface area (Å²) in [5, 5.41) is 1.09. The maximum atomic E-state index is 15.1. The number of likely N-dealkylation sites (N-methyl/N-ethyl adjacent to an activating group) is 1. The number of hydrogen-bond donors (Lipinski definition) is 1. The molecule has 4 aliphatic heterocycles. The number of carbonyl (C=O) groups excluding carboxylic acids is 2. The number of nitrogens with zero attached hydrogens (tertiary/aromatic N) is 4. The predicted molar refractivity (Wildman–Crippen MR) is 189 cm³/mol. The highest BCUT2D eigenvalue weighted by atomic mass is 32.2. The molecule has 12 heteroatoms. The first-order valence-corrected chi connectivity index (χ1v) is 19.9. The van der Waals surface area contributed by atoms with Gasteiger partial charge in [-0.1, -0.05) is 25.3 Å². The number of methoxy groups -OCH3 is 1. The lowest BCUT2D eigenvalue weighted by Crippen LogP contribution is -2.57. The molecule has 3 saturated heterocycles. The Morgan fingerprint density at radius 1 is 0.960 bits per heavy atom. The molecule has 266 valence electrons. The minimum atomic E-state index is -4.03. The molecule has 2 saturated carbocycles. The molecule has 1 aromatic heterocycles. The van der Waals surface area contributed by atoms with Crippen molar-refractivity contribution in [3.05, 3.63) is 53.1 Å². The molecule has 5 heterocycles. The van der Waals surface area contributed by atoms with E-state index in [1.807, 2.05) is 18.2 Å². The highest BCUT2D eigenvalue weighted by molar-refractivity contribution is 7.87. The van der Waals surface area contributed by atoms with Crippen LogP contribution >= 0.6 is 0 Å². The molecule has 6 aliphatic rings. The van der Waals surface area contributed by atoms with Crippen LogP contribution in [0.5, 0.6) is 5.75 Å². The summed E-state index contributed by atoms with van der Waals surface area (Å²) >= 11 is 0. The molecule has 50 heavy (non-hydrogen) atoms. The van der Waals surface area contributed by atoms with Crippen molar-refractivity contribution < 1.29 is 27.5 Å². The molecular formula is C38H47N5O6S. The summed E-state index contributed by atoms with van der Waals surface area (Å²) in [7, 11) is -0.175. The predicted octanol–water partition coefficient (Wildman–Crippen LogP) is 4.46. The van der Waals surface area contributed by atoms with Gasteiger partial charge in [-0.05, 0) is 86.5 Å². The first-order valence-electron chi connectivity index (χ1n) is 18.4. The fourth-order valence-corrected chi connectivity index (χ4v) is 11.3. The number of benzene rings is 2. The van der Waals surface area contributed by atoms with Gasteiger partial charge in [-0.3, -0.25) is 9.59 Å². The van der Waals surface area contributed by atoms with E-state index in [0.29, 0.717) is 25.7 Å². The monoisotopic (exact) mass is 701 g/mol. The van der Waals surface area contributed by atoms with Crippen LogP contribution in [0.2, 0.25) is 0 Å². The van der Waals surface area contributed by atoms with Crippen molar-refractivity contribution in [2.24, 2.45) is 5.41 Å². The zero-order valence-electron chi connectivity index (χ0n) is 29.0. The minimum absolute atomic E-state index is 0.0680. The van der Waals surface area contributed by atoms with E-state index in [4.69, 9.17) is 9.47 Å². The molecule has 4 atom stereocenters. The maximum Gasteiger partial charge on any atom is 0.304 e. The third kappa shape index (κ3) is 5.11. The van der Waals surface area contributed by atoms with Gasteiger partial charge in [0.25, 0.3) is 5.91 Å². The first kappa shape index (κ1) is 32.5. The molecule has 0 radical (unpaired) electrons. The highest BCUT2D eigenvalue weighted by Gasteiger charge is 2.65. The van der Waals surface area contributed by atoms with Gasteiger partial charge in [0, 0.05) is 72.8 Å². The summed E-state index contributed by atoms with van der Waals surface area (Å²) in [6.07, 6.45) is 8.61. The lowest BCUT2D eigenvalue weighted by Gasteiger charge is -2.41. The van der Waals surface area contributed by atoms with Crippen molar-refractivity contribution in [3.8, 4) is 17.0 Å². The van der Waals surface area contributed by atoms with Gasteiger partial charge in [0.1, 0.15) is 5.75 Å². The molecule has 2 bridgehead atoms. The molecule has 9 rings (SSSR count). The van der Waals surface area contributed by atoms with Crippen LogP contribution < -0.4 is 9.46 Å². The SMILES string of the molecule is COc1ccc2c(c1)C1CC1(C(=O)N1C3CCC1CN(C)C3)Cn1c-2c(C2CCCCC2)c2ccc(C(=O)NS(=O)(=O)N3CCOCC3)cc21. The van der Waals surface area contributed by atoms with Crippen LogP contribution in [0.3, 0.4) is 0 Å². The average molecular weight is 702 g/mol. The lowest BCUT2D eigenvalue weighted by molar-refractivity contribution is -0.143. The van der Waals surface area contributed by atoms with Gasteiger partial charge in [0.2, 0.25) is 5.91 Å². The van der Waals surface area contributed by atoms with Crippen LogP contribution in [-0.2, 0) is 26.3 Å². The largest absolute Gasteiger partial charge is 0.497 e. The summed E-state index contributed by atoms with van der Waals surface area (Å²) in [6, 6.07) is 12.5. The molecule has 3 aromatic rings. The number of aromatic nitrogens is 1. The molecule has 11 nitrogen and oxygen atoms in total. The van der Waals surface area contributed by atoms with Crippen molar-refractivity contribution >= 4 is 32.9 Å².